The van der Waals surface area contributed by atoms with Gasteiger partial charge in [-0.25, -0.2) is 4.98 Å². The van der Waals surface area contributed by atoms with Gasteiger partial charge in [-0.1, -0.05) is 17.7 Å². The van der Waals surface area contributed by atoms with Gasteiger partial charge in [-0.3, -0.25) is 4.79 Å². The van der Waals surface area contributed by atoms with Gasteiger partial charge in [0.25, 0.3) is 5.91 Å². The molecule has 1 aliphatic rings. The van der Waals surface area contributed by atoms with Gasteiger partial charge in [0.05, 0.1) is 6.26 Å². The van der Waals surface area contributed by atoms with E-state index in [0.717, 1.165) is 17.1 Å². The van der Waals surface area contributed by atoms with Crippen LogP contribution in [0.25, 0.3) is 0 Å². The normalized spacial score (nSPS) is 14.2. The van der Waals surface area contributed by atoms with Crippen LogP contribution in [0, 0.1) is 6.92 Å². The van der Waals surface area contributed by atoms with Crippen molar-refractivity contribution in [2.75, 3.05) is 36.4 Å². The van der Waals surface area contributed by atoms with Crippen LogP contribution >= 0.6 is 11.6 Å². The molecule has 0 spiro atoms. The maximum atomic E-state index is 12.4. The summed E-state index contributed by atoms with van der Waals surface area (Å²) in [6.07, 6.45) is 3.24. The van der Waals surface area contributed by atoms with Crippen molar-refractivity contribution in [2.45, 2.75) is 6.92 Å². The number of benzene rings is 1. The quantitative estimate of drug-likeness (QED) is 0.722. The molecule has 144 valence electrons. The SMILES string of the molecule is Cc1ccc(Nc2nccc(N3CCN(C(=O)c4ccco4)CC3)n2)cc1Cl. The fourth-order valence-corrected chi connectivity index (χ4v) is 3.26. The molecule has 3 heterocycles. The van der Waals surface area contributed by atoms with Crippen LogP contribution in [0.1, 0.15) is 16.1 Å². The third-order valence-corrected chi connectivity index (χ3v) is 5.10. The van der Waals surface area contributed by atoms with Crippen LogP contribution in [-0.4, -0.2) is 47.0 Å². The van der Waals surface area contributed by atoms with Crippen LogP contribution in [0.5, 0.6) is 0 Å². The molecule has 1 fully saturated rings. The first-order valence-electron chi connectivity index (χ1n) is 9.04. The van der Waals surface area contributed by atoms with Crippen LogP contribution < -0.4 is 10.2 Å². The summed E-state index contributed by atoms with van der Waals surface area (Å²) in [6.45, 7) is 4.57. The fourth-order valence-electron chi connectivity index (χ4n) is 3.08. The molecule has 3 aromatic rings. The number of aromatic nitrogens is 2. The lowest BCUT2D eigenvalue weighted by Crippen LogP contribution is -2.49. The molecule has 8 heteroatoms. The molecule has 7 nitrogen and oxygen atoms in total. The Kier molecular flexibility index (Phi) is 5.16. The number of nitrogens with one attached hydrogen (secondary N) is 1. The van der Waals surface area contributed by atoms with Crippen LogP contribution in [0.3, 0.4) is 0 Å². The largest absolute Gasteiger partial charge is 0.459 e. The van der Waals surface area contributed by atoms with Gasteiger partial charge >= 0.3 is 0 Å². The van der Waals surface area contributed by atoms with Gasteiger partial charge in [-0.15, -0.1) is 0 Å². The van der Waals surface area contributed by atoms with Gasteiger partial charge in [0.1, 0.15) is 5.82 Å². The van der Waals surface area contributed by atoms with Gasteiger partial charge < -0.3 is 19.5 Å². The first-order chi connectivity index (χ1) is 13.6. The number of aryl methyl sites for hydroxylation is 1. The van der Waals surface area contributed by atoms with E-state index in [9.17, 15) is 4.79 Å². The lowest BCUT2D eigenvalue weighted by atomic mass is 10.2. The molecular weight excluding hydrogens is 378 g/mol. The summed E-state index contributed by atoms with van der Waals surface area (Å²) in [6, 6.07) is 11.0. The number of hydrogen-bond donors (Lipinski definition) is 1. The van der Waals surface area contributed by atoms with Crippen molar-refractivity contribution in [1.29, 1.82) is 0 Å². The highest BCUT2D eigenvalue weighted by atomic mass is 35.5. The van der Waals surface area contributed by atoms with Gasteiger partial charge in [0, 0.05) is 43.1 Å². The lowest BCUT2D eigenvalue weighted by molar-refractivity contribution is 0.0714. The summed E-state index contributed by atoms with van der Waals surface area (Å²) in [7, 11) is 0. The smallest absolute Gasteiger partial charge is 0.289 e. The zero-order valence-electron chi connectivity index (χ0n) is 15.4. The monoisotopic (exact) mass is 397 g/mol. The van der Waals surface area contributed by atoms with E-state index in [1.165, 1.54) is 6.26 Å². The fraction of sp³-hybridized carbons (Fsp3) is 0.250. The standard InChI is InChI=1S/C20H20ClN5O2/c1-14-4-5-15(13-16(14)21)23-20-22-7-6-18(24-20)25-8-10-26(11-9-25)19(27)17-3-2-12-28-17/h2-7,12-13H,8-11H2,1H3,(H,22,23,24). The van der Waals surface area contributed by atoms with Crippen molar-refractivity contribution >= 4 is 35.0 Å². The summed E-state index contributed by atoms with van der Waals surface area (Å²) < 4.78 is 5.20. The van der Waals surface area contributed by atoms with E-state index < -0.39 is 0 Å². The molecular formula is C20H20ClN5O2. The van der Waals surface area contributed by atoms with Crippen LogP contribution in [-0.2, 0) is 0 Å². The van der Waals surface area contributed by atoms with Gasteiger partial charge in [0.15, 0.2) is 5.76 Å². The van der Waals surface area contributed by atoms with Crippen molar-refractivity contribution in [3.63, 3.8) is 0 Å². The Morgan fingerprint density at radius 2 is 2.00 bits per heavy atom. The Labute approximate surface area is 167 Å². The molecule has 0 aliphatic carbocycles. The number of anilines is 3. The Morgan fingerprint density at radius 3 is 2.71 bits per heavy atom. The molecule has 1 saturated heterocycles. The van der Waals surface area contributed by atoms with Gasteiger partial charge in [-0.05, 0) is 42.8 Å². The Morgan fingerprint density at radius 1 is 1.18 bits per heavy atom. The minimum absolute atomic E-state index is 0.0778. The zero-order chi connectivity index (χ0) is 19.5. The molecule has 1 aromatic carbocycles. The molecule has 0 atom stereocenters. The third-order valence-electron chi connectivity index (χ3n) is 4.69. The summed E-state index contributed by atoms with van der Waals surface area (Å²) in [5.41, 5.74) is 1.85. The van der Waals surface area contributed by atoms with Crippen LogP contribution in [0.15, 0.2) is 53.3 Å². The van der Waals surface area contributed by atoms with Gasteiger partial charge in [-0.2, -0.15) is 4.98 Å². The van der Waals surface area contributed by atoms with E-state index in [1.807, 2.05) is 31.2 Å². The summed E-state index contributed by atoms with van der Waals surface area (Å²) in [4.78, 5) is 25.2. The van der Waals surface area contributed by atoms with Crippen LogP contribution in [0.2, 0.25) is 5.02 Å². The maximum absolute atomic E-state index is 12.4. The van der Waals surface area contributed by atoms with Gasteiger partial charge in [0.2, 0.25) is 5.95 Å². The van der Waals surface area contributed by atoms with E-state index in [2.05, 4.69) is 20.2 Å². The summed E-state index contributed by atoms with van der Waals surface area (Å²) in [5, 5.41) is 3.88. The second kappa shape index (κ2) is 7.90. The predicted molar refractivity (Wildman–Crippen MR) is 108 cm³/mol. The Bertz CT molecular complexity index is 968. The number of amides is 1. The number of carbonyl (C=O) groups is 1. The maximum Gasteiger partial charge on any atom is 0.289 e. The molecule has 1 N–H and O–H groups in total. The molecule has 0 radical (unpaired) electrons. The molecule has 0 bridgehead atoms. The number of halogens is 1. The number of carbonyl (C=O) groups excluding carboxylic acids is 1. The first kappa shape index (κ1) is 18.3. The first-order valence-corrected chi connectivity index (χ1v) is 9.42. The lowest BCUT2D eigenvalue weighted by Gasteiger charge is -2.35. The zero-order valence-corrected chi connectivity index (χ0v) is 16.2. The number of piperazine rings is 1. The highest BCUT2D eigenvalue weighted by Gasteiger charge is 2.24. The molecule has 4 rings (SSSR count). The van der Waals surface area contributed by atoms with Crippen molar-refractivity contribution in [2.24, 2.45) is 0 Å². The summed E-state index contributed by atoms with van der Waals surface area (Å²) in [5.74, 6) is 1.62. The Balaban J connectivity index is 1.41. The highest BCUT2D eigenvalue weighted by Crippen LogP contribution is 2.23. The topological polar surface area (TPSA) is 74.5 Å². The van der Waals surface area contributed by atoms with Crippen molar-refractivity contribution < 1.29 is 9.21 Å². The summed E-state index contributed by atoms with van der Waals surface area (Å²) >= 11 is 6.18. The van der Waals surface area contributed by atoms with Crippen molar-refractivity contribution in [3.05, 3.63) is 65.2 Å². The van der Waals surface area contributed by atoms with Crippen molar-refractivity contribution in [3.8, 4) is 0 Å². The number of rotatable bonds is 4. The molecule has 2 aromatic heterocycles. The van der Waals surface area contributed by atoms with E-state index >= 15 is 0 Å². The number of hydrogen-bond acceptors (Lipinski definition) is 6. The predicted octanol–water partition coefficient (Wildman–Crippen LogP) is 3.74. The second-order valence-electron chi connectivity index (χ2n) is 6.58. The highest BCUT2D eigenvalue weighted by molar-refractivity contribution is 6.31. The molecule has 1 amide bonds. The second-order valence-corrected chi connectivity index (χ2v) is 6.99. The average Bonchev–Trinajstić information content (AvgIpc) is 3.25. The van der Waals surface area contributed by atoms with Crippen molar-refractivity contribution in [1.82, 2.24) is 14.9 Å². The van der Waals surface area contributed by atoms with E-state index in [-0.39, 0.29) is 5.91 Å². The molecule has 1 aliphatic heterocycles. The molecule has 28 heavy (non-hydrogen) atoms. The van der Waals surface area contributed by atoms with Crippen LogP contribution in [0.4, 0.5) is 17.5 Å². The number of nitrogens with zero attached hydrogens (tertiary/aromatic N) is 4. The minimum Gasteiger partial charge on any atom is -0.459 e. The van der Waals surface area contributed by atoms with E-state index in [0.29, 0.717) is 42.9 Å². The average molecular weight is 398 g/mol. The molecule has 0 saturated carbocycles. The molecule has 0 unspecified atom stereocenters. The third kappa shape index (κ3) is 3.94. The van der Waals surface area contributed by atoms with E-state index in [1.54, 1.807) is 23.2 Å². The number of furan rings is 1. The Hall–Kier alpha value is -3.06. The minimum atomic E-state index is -0.0778. The van der Waals surface area contributed by atoms with E-state index in [4.69, 9.17) is 16.0 Å².